The van der Waals surface area contributed by atoms with Crippen LogP contribution in [0.25, 0.3) is 11.5 Å². The van der Waals surface area contributed by atoms with Gasteiger partial charge in [0.25, 0.3) is 5.22 Å². The molecule has 0 unspecified atom stereocenters. The number of hydrogen-bond donors (Lipinski definition) is 0. The maximum absolute atomic E-state index is 6.03. The highest BCUT2D eigenvalue weighted by Crippen LogP contribution is 2.26. The quantitative estimate of drug-likeness (QED) is 0.453. The van der Waals surface area contributed by atoms with Crippen molar-refractivity contribution < 1.29 is 13.9 Å². The van der Waals surface area contributed by atoms with Gasteiger partial charge < -0.3 is 13.9 Å². The molecule has 24 heavy (non-hydrogen) atoms. The number of halogens is 1. The second-order valence-electron chi connectivity index (χ2n) is 4.73. The highest BCUT2D eigenvalue weighted by atomic mass is 35.5. The average Bonchev–Trinajstić information content (AvgIpc) is 3.09. The van der Waals surface area contributed by atoms with Crippen molar-refractivity contribution in [2.45, 2.75) is 5.22 Å². The van der Waals surface area contributed by atoms with E-state index in [1.165, 1.54) is 11.8 Å². The van der Waals surface area contributed by atoms with Gasteiger partial charge in [0.1, 0.15) is 11.5 Å². The molecule has 0 aliphatic rings. The van der Waals surface area contributed by atoms with Gasteiger partial charge in [-0.1, -0.05) is 35.5 Å². The van der Waals surface area contributed by atoms with E-state index >= 15 is 0 Å². The molecule has 0 spiro atoms. The van der Waals surface area contributed by atoms with Crippen LogP contribution in [0.5, 0.6) is 11.5 Å². The van der Waals surface area contributed by atoms with Gasteiger partial charge in [-0.15, -0.1) is 10.2 Å². The zero-order chi connectivity index (χ0) is 16.8. The van der Waals surface area contributed by atoms with Crippen LogP contribution in [0, 0.1) is 0 Å². The second kappa shape index (κ2) is 8.08. The first kappa shape index (κ1) is 16.7. The highest BCUT2D eigenvalue weighted by Gasteiger charge is 2.09. The van der Waals surface area contributed by atoms with Gasteiger partial charge >= 0.3 is 0 Å². The molecule has 0 aliphatic carbocycles. The second-order valence-corrected chi connectivity index (χ2v) is 6.18. The first-order valence-electron chi connectivity index (χ1n) is 7.24. The molecule has 1 heterocycles. The molecule has 0 atom stereocenters. The van der Waals surface area contributed by atoms with Gasteiger partial charge in [-0.25, -0.2) is 0 Å². The van der Waals surface area contributed by atoms with Crippen molar-refractivity contribution >= 4 is 23.4 Å². The fourth-order valence-electron chi connectivity index (χ4n) is 1.96. The van der Waals surface area contributed by atoms with Gasteiger partial charge in [-0.05, 0) is 36.4 Å². The molecule has 0 N–H and O–H groups in total. The van der Waals surface area contributed by atoms with Crippen molar-refractivity contribution in [1.29, 1.82) is 0 Å². The Kier molecular flexibility index (Phi) is 5.61. The van der Waals surface area contributed by atoms with Crippen molar-refractivity contribution in [3.05, 3.63) is 53.6 Å². The summed E-state index contributed by atoms with van der Waals surface area (Å²) < 4.78 is 16.4. The lowest BCUT2D eigenvalue weighted by molar-refractivity contribution is 0.343. The third-order valence-corrected chi connectivity index (χ3v) is 4.24. The van der Waals surface area contributed by atoms with Crippen molar-refractivity contribution in [1.82, 2.24) is 10.2 Å². The molecule has 0 bridgehead atoms. The highest BCUT2D eigenvalue weighted by molar-refractivity contribution is 7.99. The molecule has 0 saturated heterocycles. The summed E-state index contributed by atoms with van der Waals surface area (Å²) in [5.74, 6) is 2.61. The SMILES string of the molecule is COc1ccc(-c2nnc(SCCOc3ccccc3Cl)o2)cc1. The Morgan fingerprint density at radius 2 is 1.88 bits per heavy atom. The average molecular weight is 363 g/mol. The lowest BCUT2D eigenvalue weighted by atomic mass is 10.2. The van der Waals surface area contributed by atoms with Crippen LogP contribution in [-0.2, 0) is 0 Å². The summed E-state index contributed by atoms with van der Waals surface area (Å²) in [6.07, 6.45) is 0. The van der Waals surface area contributed by atoms with Crippen LogP contribution in [0.15, 0.2) is 58.2 Å². The monoisotopic (exact) mass is 362 g/mol. The van der Waals surface area contributed by atoms with Crippen LogP contribution in [0.2, 0.25) is 5.02 Å². The van der Waals surface area contributed by atoms with Crippen LogP contribution < -0.4 is 9.47 Å². The zero-order valence-electron chi connectivity index (χ0n) is 12.9. The van der Waals surface area contributed by atoms with Crippen LogP contribution >= 0.6 is 23.4 Å². The number of benzene rings is 2. The minimum atomic E-state index is 0.479. The lowest BCUT2D eigenvalue weighted by Crippen LogP contribution is -2.00. The van der Waals surface area contributed by atoms with E-state index < -0.39 is 0 Å². The van der Waals surface area contributed by atoms with Crippen molar-refractivity contribution in [3.63, 3.8) is 0 Å². The summed E-state index contributed by atoms with van der Waals surface area (Å²) in [5.41, 5.74) is 0.850. The molecule has 2 aromatic carbocycles. The molecule has 0 saturated carbocycles. The Bertz CT molecular complexity index is 793. The Morgan fingerprint density at radius 1 is 1.08 bits per heavy atom. The van der Waals surface area contributed by atoms with E-state index in [1.54, 1.807) is 13.2 Å². The van der Waals surface area contributed by atoms with Gasteiger partial charge in [0.2, 0.25) is 5.89 Å². The molecule has 7 heteroatoms. The Hall–Kier alpha value is -2.18. The minimum absolute atomic E-state index is 0.479. The third-order valence-electron chi connectivity index (χ3n) is 3.15. The van der Waals surface area contributed by atoms with Crippen LogP contribution in [0.4, 0.5) is 0 Å². The molecule has 0 aliphatic heterocycles. The molecule has 3 rings (SSSR count). The number of hydrogen-bond acceptors (Lipinski definition) is 6. The van der Waals surface area contributed by atoms with Gasteiger partial charge in [-0.3, -0.25) is 0 Å². The molecular formula is C17H15ClN2O3S. The van der Waals surface area contributed by atoms with E-state index in [2.05, 4.69) is 10.2 Å². The first-order valence-corrected chi connectivity index (χ1v) is 8.60. The van der Waals surface area contributed by atoms with Crippen molar-refractivity contribution in [2.24, 2.45) is 0 Å². The molecule has 0 radical (unpaired) electrons. The Balaban J connectivity index is 1.51. The number of thioether (sulfide) groups is 1. The van der Waals surface area contributed by atoms with Crippen molar-refractivity contribution in [2.75, 3.05) is 19.5 Å². The van der Waals surface area contributed by atoms with Gasteiger partial charge in [0.15, 0.2) is 0 Å². The van der Waals surface area contributed by atoms with E-state index in [-0.39, 0.29) is 0 Å². The molecule has 124 valence electrons. The fraction of sp³-hybridized carbons (Fsp3) is 0.176. The number of para-hydroxylation sites is 1. The lowest BCUT2D eigenvalue weighted by Gasteiger charge is -2.06. The van der Waals surface area contributed by atoms with E-state index in [9.17, 15) is 0 Å². The molecule has 1 aromatic heterocycles. The largest absolute Gasteiger partial charge is 0.497 e. The summed E-state index contributed by atoms with van der Waals surface area (Å²) in [7, 11) is 1.63. The first-order chi connectivity index (χ1) is 11.8. The van der Waals surface area contributed by atoms with Gasteiger partial charge in [0.05, 0.1) is 18.7 Å². The number of aromatic nitrogens is 2. The van der Waals surface area contributed by atoms with Gasteiger partial charge in [0, 0.05) is 11.3 Å². The van der Waals surface area contributed by atoms with E-state index in [1.807, 2.05) is 42.5 Å². The van der Waals surface area contributed by atoms with Crippen LogP contribution in [0.1, 0.15) is 0 Å². The smallest absolute Gasteiger partial charge is 0.276 e. The fourth-order valence-corrected chi connectivity index (χ4v) is 2.73. The van der Waals surface area contributed by atoms with E-state index in [0.717, 1.165) is 11.3 Å². The standard InChI is InChI=1S/C17H15ClN2O3S/c1-21-13-8-6-12(7-9-13)16-19-20-17(23-16)24-11-10-22-15-5-3-2-4-14(15)18/h2-9H,10-11H2,1H3. The van der Waals surface area contributed by atoms with Crippen LogP contribution in [0.3, 0.4) is 0 Å². The summed E-state index contributed by atoms with van der Waals surface area (Å²) >= 11 is 7.47. The summed E-state index contributed by atoms with van der Waals surface area (Å²) in [5, 5.41) is 9.19. The molecule has 5 nitrogen and oxygen atoms in total. The number of ether oxygens (including phenoxy) is 2. The normalized spacial score (nSPS) is 10.6. The summed E-state index contributed by atoms with van der Waals surface area (Å²) in [4.78, 5) is 0. The summed E-state index contributed by atoms with van der Waals surface area (Å²) in [6, 6.07) is 14.8. The maximum atomic E-state index is 6.03. The predicted octanol–water partition coefficient (Wildman–Crippen LogP) is 4.57. The predicted molar refractivity (Wildman–Crippen MR) is 94.0 cm³/mol. The number of rotatable bonds is 7. The summed E-state index contributed by atoms with van der Waals surface area (Å²) in [6.45, 7) is 0.495. The molecule has 0 amide bonds. The van der Waals surface area contributed by atoms with E-state index in [4.69, 9.17) is 25.5 Å². The maximum Gasteiger partial charge on any atom is 0.276 e. The zero-order valence-corrected chi connectivity index (χ0v) is 14.5. The number of nitrogens with zero attached hydrogens (tertiary/aromatic N) is 2. The van der Waals surface area contributed by atoms with Crippen LogP contribution in [-0.4, -0.2) is 29.7 Å². The van der Waals surface area contributed by atoms with E-state index in [0.29, 0.717) is 34.2 Å². The number of methoxy groups -OCH3 is 1. The van der Waals surface area contributed by atoms with Gasteiger partial charge in [-0.2, -0.15) is 0 Å². The minimum Gasteiger partial charge on any atom is -0.497 e. The Labute approximate surface area is 148 Å². The topological polar surface area (TPSA) is 57.4 Å². The third kappa shape index (κ3) is 4.21. The molecular weight excluding hydrogens is 348 g/mol. The Morgan fingerprint density at radius 3 is 2.62 bits per heavy atom. The molecule has 0 fully saturated rings. The molecule has 3 aromatic rings. The van der Waals surface area contributed by atoms with Crippen molar-refractivity contribution in [3.8, 4) is 23.0 Å².